The molecule has 90 valence electrons. The summed E-state index contributed by atoms with van der Waals surface area (Å²) in [6.45, 7) is -0.820. The van der Waals surface area contributed by atoms with E-state index >= 15 is 0 Å². The molecule has 0 aromatic heterocycles. The van der Waals surface area contributed by atoms with Crippen molar-refractivity contribution in [2.45, 2.75) is 0 Å². The van der Waals surface area contributed by atoms with E-state index in [0.29, 0.717) is 17.5 Å². The molecule has 1 rings (SSSR count). The van der Waals surface area contributed by atoms with Crippen LogP contribution in [-0.2, 0) is 9.59 Å². The lowest BCUT2D eigenvalue weighted by Gasteiger charge is -2.20. The summed E-state index contributed by atoms with van der Waals surface area (Å²) >= 11 is 0. The first-order valence-electron chi connectivity index (χ1n) is 4.76. The molecule has 17 heavy (non-hydrogen) atoms. The lowest BCUT2D eigenvalue weighted by molar-refractivity contribution is -0.136. The molecule has 0 aliphatic heterocycles. The number of rotatable bonds is 6. The summed E-state index contributed by atoms with van der Waals surface area (Å²) in [7, 11) is 0. The highest BCUT2D eigenvalue weighted by molar-refractivity contribution is 5.80. The number of hydrogen-bond acceptors (Lipinski definition) is 4. The van der Waals surface area contributed by atoms with Crippen molar-refractivity contribution in [1.82, 2.24) is 0 Å². The molecule has 0 saturated carbocycles. The van der Waals surface area contributed by atoms with Crippen LogP contribution in [0.1, 0.15) is 10.4 Å². The van der Waals surface area contributed by atoms with E-state index in [1.807, 2.05) is 0 Å². The summed E-state index contributed by atoms with van der Waals surface area (Å²) in [5.74, 6) is -2.24. The molecule has 0 fully saturated rings. The standard InChI is InChI=1S/C11H11NO5/c13-7-8-1-3-9(4-2-8)12(5-10(14)15)6-11(16)17/h1-4,7H,5-6H2,(H,14,15)(H,16,17). The van der Waals surface area contributed by atoms with Crippen LogP contribution in [0, 0.1) is 0 Å². The van der Waals surface area contributed by atoms with Crippen LogP contribution in [-0.4, -0.2) is 41.5 Å². The lowest BCUT2D eigenvalue weighted by atomic mass is 10.2. The second kappa shape index (κ2) is 5.64. The van der Waals surface area contributed by atoms with E-state index in [0.717, 1.165) is 0 Å². The Bertz CT molecular complexity index is 410. The molecule has 0 aliphatic rings. The summed E-state index contributed by atoms with van der Waals surface area (Å²) in [4.78, 5) is 32.8. The monoisotopic (exact) mass is 237 g/mol. The number of hydrogen-bond donors (Lipinski definition) is 2. The SMILES string of the molecule is O=Cc1ccc(N(CC(=O)O)CC(=O)O)cc1. The van der Waals surface area contributed by atoms with Gasteiger partial charge in [-0.2, -0.15) is 0 Å². The highest BCUT2D eigenvalue weighted by atomic mass is 16.4. The number of carboxylic acid groups (broad SMARTS) is 2. The summed E-state index contributed by atoms with van der Waals surface area (Å²) < 4.78 is 0. The molecule has 0 heterocycles. The maximum atomic E-state index is 10.6. The van der Waals surface area contributed by atoms with E-state index in [4.69, 9.17) is 10.2 Å². The van der Waals surface area contributed by atoms with Gasteiger partial charge in [0.05, 0.1) is 0 Å². The summed E-state index contributed by atoms with van der Waals surface area (Å²) in [5, 5.41) is 17.3. The number of carbonyl (C=O) groups is 3. The van der Waals surface area contributed by atoms with Gasteiger partial charge in [-0.15, -0.1) is 0 Å². The highest BCUT2D eigenvalue weighted by Gasteiger charge is 2.13. The first-order chi connectivity index (χ1) is 8.02. The zero-order chi connectivity index (χ0) is 12.8. The zero-order valence-corrected chi connectivity index (χ0v) is 8.87. The van der Waals surface area contributed by atoms with Crippen molar-refractivity contribution in [3.8, 4) is 0 Å². The molecule has 1 aromatic rings. The van der Waals surface area contributed by atoms with Crippen LogP contribution >= 0.6 is 0 Å². The van der Waals surface area contributed by atoms with Gasteiger partial charge in [-0.3, -0.25) is 14.4 Å². The number of aldehydes is 1. The van der Waals surface area contributed by atoms with Crippen molar-refractivity contribution >= 4 is 23.9 Å². The molecule has 2 N–H and O–H groups in total. The molecule has 0 radical (unpaired) electrons. The van der Waals surface area contributed by atoms with Gasteiger partial charge >= 0.3 is 11.9 Å². The molecule has 0 atom stereocenters. The third-order valence-electron chi connectivity index (χ3n) is 2.05. The fraction of sp³-hybridized carbons (Fsp3) is 0.182. The number of carbonyl (C=O) groups excluding carboxylic acids is 1. The van der Waals surface area contributed by atoms with Crippen molar-refractivity contribution in [1.29, 1.82) is 0 Å². The number of nitrogens with zero attached hydrogens (tertiary/aromatic N) is 1. The van der Waals surface area contributed by atoms with E-state index < -0.39 is 25.0 Å². The minimum atomic E-state index is -1.12. The van der Waals surface area contributed by atoms with Crippen molar-refractivity contribution < 1.29 is 24.6 Å². The third-order valence-corrected chi connectivity index (χ3v) is 2.05. The van der Waals surface area contributed by atoms with Gasteiger partial charge in [-0.25, -0.2) is 0 Å². The van der Waals surface area contributed by atoms with Crippen LogP contribution in [0.4, 0.5) is 5.69 Å². The number of carboxylic acids is 2. The fourth-order valence-corrected chi connectivity index (χ4v) is 1.33. The Morgan fingerprint density at radius 2 is 1.53 bits per heavy atom. The molecular weight excluding hydrogens is 226 g/mol. The van der Waals surface area contributed by atoms with Gasteiger partial charge in [0.2, 0.25) is 0 Å². The Morgan fingerprint density at radius 3 is 1.88 bits per heavy atom. The molecule has 0 aliphatic carbocycles. The van der Waals surface area contributed by atoms with Gasteiger partial charge in [0.15, 0.2) is 0 Å². The van der Waals surface area contributed by atoms with Crippen molar-refractivity contribution in [2.24, 2.45) is 0 Å². The molecule has 0 saturated heterocycles. The van der Waals surface area contributed by atoms with Crippen molar-refractivity contribution in [3.05, 3.63) is 29.8 Å². The van der Waals surface area contributed by atoms with Gasteiger partial charge in [0, 0.05) is 11.3 Å². The first kappa shape index (κ1) is 12.7. The van der Waals surface area contributed by atoms with Crippen LogP contribution in [0.2, 0.25) is 0 Å². The third kappa shape index (κ3) is 3.94. The maximum Gasteiger partial charge on any atom is 0.323 e. The molecule has 1 aromatic carbocycles. The first-order valence-corrected chi connectivity index (χ1v) is 4.76. The minimum absolute atomic E-state index is 0.410. The van der Waals surface area contributed by atoms with Gasteiger partial charge in [-0.1, -0.05) is 0 Å². The summed E-state index contributed by atoms with van der Waals surface area (Å²) in [5.41, 5.74) is 0.889. The second-order valence-corrected chi connectivity index (χ2v) is 3.35. The van der Waals surface area contributed by atoms with Crippen LogP contribution in [0.25, 0.3) is 0 Å². The Balaban J connectivity index is 2.90. The van der Waals surface area contributed by atoms with Gasteiger partial charge in [0.25, 0.3) is 0 Å². The van der Waals surface area contributed by atoms with E-state index in [-0.39, 0.29) is 0 Å². The van der Waals surface area contributed by atoms with Gasteiger partial charge in [0.1, 0.15) is 19.4 Å². The van der Waals surface area contributed by atoms with E-state index in [1.165, 1.54) is 29.2 Å². The quantitative estimate of drug-likeness (QED) is 0.698. The average molecular weight is 237 g/mol. The maximum absolute atomic E-state index is 10.6. The Labute approximate surface area is 97.1 Å². The zero-order valence-electron chi connectivity index (χ0n) is 8.87. The Kier molecular flexibility index (Phi) is 4.21. The van der Waals surface area contributed by atoms with E-state index in [9.17, 15) is 14.4 Å². The van der Waals surface area contributed by atoms with E-state index in [2.05, 4.69) is 0 Å². The lowest BCUT2D eigenvalue weighted by Crippen LogP contribution is -2.34. The molecule has 0 spiro atoms. The predicted molar refractivity (Wildman–Crippen MR) is 59.3 cm³/mol. The Morgan fingerprint density at radius 1 is 1.06 bits per heavy atom. The fourth-order valence-electron chi connectivity index (χ4n) is 1.33. The average Bonchev–Trinajstić information content (AvgIpc) is 2.27. The van der Waals surface area contributed by atoms with Crippen molar-refractivity contribution in [3.63, 3.8) is 0 Å². The largest absolute Gasteiger partial charge is 0.480 e. The topological polar surface area (TPSA) is 94.9 Å². The van der Waals surface area contributed by atoms with Crippen LogP contribution < -0.4 is 4.90 Å². The predicted octanol–water partition coefficient (Wildman–Crippen LogP) is 0.475. The number of anilines is 1. The van der Waals surface area contributed by atoms with Crippen LogP contribution in [0.3, 0.4) is 0 Å². The van der Waals surface area contributed by atoms with E-state index in [1.54, 1.807) is 0 Å². The number of aliphatic carboxylic acids is 2. The molecular formula is C11H11NO5. The highest BCUT2D eigenvalue weighted by Crippen LogP contribution is 2.14. The van der Waals surface area contributed by atoms with Crippen LogP contribution in [0.5, 0.6) is 0 Å². The molecule has 0 amide bonds. The minimum Gasteiger partial charge on any atom is -0.480 e. The second-order valence-electron chi connectivity index (χ2n) is 3.35. The normalized spacial score (nSPS) is 9.65. The molecule has 6 nitrogen and oxygen atoms in total. The smallest absolute Gasteiger partial charge is 0.323 e. The molecule has 0 unspecified atom stereocenters. The van der Waals surface area contributed by atoms with Gasteiger partial charge < -0.3 is 15.1 Å². The molecule has 6 heteroatoms. The Hall–Kier alpha value is -2.37. The van der Waals surface area contributed by atoms with Crippen LogP contribution in [0.15, 0.2) is 24.3 Å². The summed E-state index contributed by atoms with van der Waals surface area (Å²) in [6, 6.07) is 6.02. The molecule has 0 bridgehead atoms. The van der Waals surface area contributed by atoms with Gasteiger partial charge in [-0.05, 0) is 24.3 Å². The number of benzene rings is 1. The van der Waals surface area contributed by atoms with Crippen molar-refractivity contribution in [2.75, 3.05) is 18.0 Å². The summed E-state index contributed by atoms with van der Waals surface area (Å²) in [6.07, 6.45) is 0.655.